The van der Waals surface area contributed by atoms with Crippen molar-refractivity contribution in [2.75, 3.05) is 26.2 Å². The molecule has 8 nitrogen and oxygen atoms in total. The molecule has 162 valence electrons. The fraction of sp³-hybridized carbons (Fsp3) is 0.474. The molecule has 1 aromatic heterocycles. The number of hydrogen-bond donors (Lipinski definition) is 0. The average molecular weight is 425 g/mol. The predicted octanol–water partition coefficient (Wildman–Crippen LogP) is 2.85. The van der Waals surface area contributed by atoms with E-state index in [0.29, 0.717) is 44.0 Å². The van der Waals surface area contributed by atoms with Crippen LogP contribution in [0.3, 0.4) is 0 Å². The van der Waals surface area contributed by atoms with Crippen LogP contribution in [0.5, 0.6) is 0 Å². The van der Waals surface area contributed by atoms with E-state index in [1.54, 1.807) is 17.9 Å². The number of piperazine rings is 1. The molecule has 1 saturated heterocycles. The summed E-state index contributed by atoms with van der Waals surface area (Å²) in [5, 5.41) is 14.9. The Morgan fingerprint density at radius 2 is 1.93 bits per heavy atom. The van der Waals surface area contributed by atoms with E-state index in [1.165, 1.54) is 16.9 Å². The van der Waals surface area contributed by atoms with Gasteiger partial charge in [-0.3, -0.25) is 24.5 Å². The van der Waals surface area contributed by atoms with E-state index in [4.69, 9.17) is 0 Å². The molecule has 2 heterocycles. The van der Waals surface area contributed by atoms with Crippen LogP contribution in [0.15, 0.2) is 30.5 Å². The first-order chi connectivity index (χ1) is 14.1. The van der Waals surface area contributed by atoms with Gasteiger partial charge < -0.3 is 4.90 Å². The zero-order chi connectivity index (χ0) is 21.9. The smallest absolute Gasteiger partial charge is 0.340 e. The Kier molecular flexibility index (Phi) is 6.40. The Labute approximate surface area is 171 Å². The van der Waals surface area contributed by atoms with Crippen molar-refractivity contribution >= 4 is 11.6 Å². The van der Waals surface area contributed by atoms with Crippen molar-refractivity contribution in [1.29, 1.82) is 0 Å². The standard InChI is InChI=1S/C19H22F3N5O3/c1-14-17(27(29)30)13-26(23-14)6-5-18(28)25-9-7-24(8-10-25)12-15-3-2-4-16(11-15)19(20,21)22/h2-4,11,13H,5-10,12H2,1H3. The molecule has 30 heavy (non-hydrogen) atoms. The van der Waals surface area contributed by atoms with Crippen molar-refractivity contribution in [3.05, 3.63) is 57.4 Å². The summed E-state index contributed by atoms with van der Waals surface area (Å²) in [5.41, 5.74) is 0.143. The molecule has 0 saturated carbocycles. The molecule has 0 bridgehead atoms. The minimum atomic E-state index is -4.37. The summed E-state index contributed by atoms with van der Waals surface area (Å²) in [6, 6.07) is 5.27. The molecule has 3 rings (SSSR count). The molecule has 0 spiro atoms. The first-order valence-electron chi connectivity index (χ1n) is 9.48. The number of carbonyl (C=O) groups excluding carboxylic acids is 1. The number of alkyl halides is 3. The number of benzene rings is 1. The predicted molar refractivity (Wildman–Crippen MR) is 102 cm³/mol. The maximum absolute atomic E-state index is 12.8. The van der Waals surface area contributed by atoms with Crippen molar-refractivity contribution in [3.63, 3.8) is 0 Å². The Hall–Kier alpha value is -2.95. The highest BCUT2D eigenvalue weighted by Crippen LogP contribution is 2.29. The van der Waals surface area contributed by atoms with Crippen LogP contribution < -0.4 is 0 Å². The fourth-order valence-electron chi connectivity index (χ4n) is 3.43. The molecule has 0 unspecified atom stereocenters. The lowest BCUT2D eigenvalue weighted by molar-refractivity contribution is -0.385. The lowest BCUT2D eigenvalue weighted by atomic mass is 10.1. The van der Waals surface area contributed by atoms with Crippen LogP contribution in [0.2, 0.25) is 0 Å². The van der Waals surface area contributed by atoms with Gasteiger partial charge in [-0.1, -0.05) is 18.2 Å². The van der Waals surface area contributed by atoms with Crippen LogP contribution in [0.25, 0.3) is 0 Å². The fourth-order valence-corrected chi connectivity index (χ4v) is 3.43. The van der Waals surface area contributed by atoms with E-state index >= 15 is 0 Å². The number of aromatic nitrogens is 2. The number of amides is 1. The zero-order valence-corrected chi connectivity index (χ0v) is 16.4. The average Bonchev–Trinajstić information content (AvgIpc) is 3.07. The van der Waals surface area contributed by atoms with Crippen LogP contribution in [-0.4, -0.2) is 56.6 Å². The lowest BCUT2D eigenvalue weighted by Crippen LogP contribution is -2.48. The molecule has 1 fully saturated rings. The Morgan fingerprint density at radius 1 is 1.23 bits per heavy atom. The highest BCUT2D eigenvalue weighted by molar-refractivity contribution is 5.76. The molecule has 11 heteroatoms. The zero-order valence-electron chi connectivity index (χ0n) is 16.4. The molecule has 2 aromatic rings. The second kappa shape index (κ2) is 8.82. The normalized spacial score (nSPS) is 15.4. The van der Waals surface area contributed by atoms with Crippen molar-refractivity contribution in [1.82, 2.24) is 19.6 Å². The summed E-state index contributed by atoms with van der Waals surface area (Å²) >= 11 is 0. The largest absolute Gasteiger partial charge is 0.416 e. The van der Waals surface area contributed by atoms with Gasteiger partial charge >= 0.3 is 11.9 Å². The number of rotatable bonds is 6. The number of halogens is 3. The van der Waals surface area contributed by atoms with Crippen molar-refractivity contribution < 1.29 is 22.9 Å². The SMILES string of the molecule is Cc1nn(CCC(=O)N2CCN(Cc3cccc(C(F)(F)F)c3)CC2)cc1[N+](=O)[O-]. The summed E-state index contributed by atoms with van der Waals surface area (Å²) < 4.78 is 39.9. The second-order valence-electron chi connectivity index (χ2n) is 7.23. The summed E-state index contributed by atoms with van der Waals surface area (Å²) in [4.78, 5) is 26.5. The van der Waals surface area contributed by atoms with Gasteiger partial charge in [0.25, 0.3) is 0 Å². The minimum absolute atomic E-state index is 0.0781. The van der Waals surface area contributed by atoms with Crippen LogP contribution in [-0.2, 0) is 24.1 Å². The topological polar surface area (TPSA) is 84.5 Å². The highest BCUT2D eigenvalue weighted by Gasteiger charge is 2.30. The highest BCUT2D eigenvalue weighted by atomic mass is 19.4. The first kappa shape index (κ1) is 21.8. The maximum Gasteiger partial charge on any atom is 0.416 e. The minimum Gasteiger partial charge on any atom is -0.340 e. The third kappa shape index (κ3) is 5.35. The van der Waals surface area contributed by atoms with Crippen molar-refractivity contribution in [2.45, 2.75) is 32.6 Å². The molecular weight excluding hydrogens is 403 g/mol. The molecule has 1 aliphatic rings. The van der Waals surface area contributed by atoms with E-state index in [0.717, 1.165) is 12.1 Å². The Balaban J connectivity index is 1.48. The van der Waals surface area contributed by atoms with Gasteiger partial charge in [-0.25, -0.2) is 0 Å². The van der Waals surface area contributed by atoms with Crippen LogP contribution in [0.1, 0.15) is 23.2 Å². The second-order valence-corrected chi connectivity index (χ2v) is 7.23. The van der Waals surface area contributed by atoms with Crippen molar-refractivity contribution in [2.24, 2.45) is 0 Å². The Bertz CT molecular complexity index is 920. The van der Waals surface area contributed by atoms with E-state index in [1.807, 2.05) is 4.90 Å². The lowest BCUT2D eigenvalue weighted by Gasteiger charge is -2.35. The van der Waals surface area contributed by atoms with E-state index in [2.05, 4.69) is 5.10 Å². The monoisotopic (exact) mass is 425 g/mol. The molecule has 0 N–H and O–H groups in total. The first-order valence-corrected chi connectivity index (χ1v) is 9.48. The van der Waals surface area contributed by atoms with Crippen LogP contribution in [0.4, 0.5) is 18.9 Å². The third-order valence-electron chi connectivity index (χ3n) is 5.06. The van der Waals surface area contributed by atoms with Gasteiger partial charge in [-0.15, -0.1) is 0 Å². The van der Waals surface area contributed by atoms with Gasteiger partial charge in [-0.2, -0.15) is 18.3 Å². The maximum atomic E-state index is 12.8. The van der Waals surface area contributed by atoms with Crippen LogP contribution in [0, 0.1) is 17.0 Å². The van der Waals surface area contributed by atoms with Gasteiger partial charge in [0.15, 0.2) is 0 Å². The number of aryl methyl sites for hydroxylation is 2. The number of hydrogen-bond acceptors (Lipinski definition) is 5. The Morgan fingerprint density at radius 3 is 2.53 bits per heavy atom. The van der Waals surface area contributed by atoms with Crippen LogP contribution >= 0.6 is 0 Å². The number of nitrogens with zero attached hydrogens (tertiary/aromatic N) is 5. The molecule has 1 amide bonds. The number of carbonyl (C=O) groups is 1. The molecule has 0 radical (unpaired) electrons. The summed E-state index contributed by atoms with van der Waals surface area (Å²) in [7, 11) is 0. The van der Waals surface area contributed by atoms with Crippen molar-refractivity contribution in [3.8, 4) is 0 Å². The van der Waals surface area contributed by atoms with E-state index in [-0.39, 0.29) is 24.6 Å². The van der Waals surface area contributed by atoms with E-state index < -0.39 is 16.7 Å². The van der Waals surface area contributed by atoms with Gasteiger partial charge in [-0.05, 0) is 18.6 Å². The molecular formula is C19H22F3N5O3. The van der Waals surface area contributed by atoms with Gasteiger partial charge in [0.1, 0.15) is 11.9 Å². The molecule has 1 aliphatic heterocycles. The van der Waals surface area contributed by atoms with Gasteiger partial charge in [0.05, 0.1) is 10.5 Å². The molecule has 1 aromatic carbocycles. The quantitative estimate of drug-likeness (QED) is 0.525. The van der Waals surface area contributed by atoms with Gasteiger partial charge in [0, 0.05) is 45.7 Å². The summed E-state index contributed by atoms with van der Waals surface area (Å²) in [6.45, 7) is 4.27. The molecule has 0 atom stereocenters. The summed E-state index contributed by atoms with van der Waals surface area (Å²) in [6.07, 6.45) is -2.88. The van der Waals surface area contributed by atoms with Gasteiger partial charge in [0.2, 0.25) is 5.91 Å². The molecule has 0 aliphatic carbocycles. The third-order valence-corrected chi connectivity index (χ3v) is 5.06. The summed E-state index contributed by atoms with van der Waals surface area (Å²) in [5.74, 6) is -0.0791. The number of nitro groups is 1. The van der Waals surface area contributed by atoms with E-state index in [9.17, 15) is 28.1 Å².